The second-order valence-corrected chi connectivity index (χ2v) is 6.36. The highest BCUT2D eigenvalue weighted by molar-refractivity contribution is 7.07. The topological polar surface area (TPSA) is 46.6 Å². The van der Waals surface area contributed by atoms with E-state index >= 15 is 0 Å². The van der Waals surface area contributed by atoms with Crippen molar-refractivity contribution in [2.24, 2.45) is 0 Å². The summed E-state index contributed by atoms with van der Waals surface area (Å²) in [6.45, 7) is 0.708. The Bertz CT molecular complexity index is 709. The van der Waals surface area contributed by atoms with Gasteiger partial charge in [0.05, 0.1) is 12.7 Å². The summed E-state index contributed by atoms with van der Waals surface area (Å²) in [5.41, 5.74) is 3.55. The van der Waals surface area contributed by atoms with Gasteiger partial charge < -0.3 is 9.64 Å². The molecule has 120 valence electrons. The Morgan fingerprint density at radius 2 is 2.17 bits per heavy atom. The van der Waals surface area contributed by atoms with Crippen LogP contribution < -0.4 is 4.90 Å². The van der Waals surface area contributed by atoms with Crippen molar-refractivity contribution in [2.45, 2.75) is 25.7 Å². The Hall–Kier alpha value is -2.14. The monoisotopic (exact) mass is 329 g/mol. The maximum atomic E-state index is 12.6. The van der Waals surface area contributed by atoms with Crippen LogP contribution in [0.15, 0.2) is 35.0 Å². The maximum Gasteiger partial charge on any atom is 0.338 e. The van der Waals surface area contributed by atoms with Crippen molar-refractivity contribution in [3.63, 3.8) is 0 Å². The molecule has 0 aliphatic carbocycles. The zero-order chi connectivity index (χ0) is 16.2. The summed E-state index contributed by atoms with van der Waals surface area (Å²) in [6, 6.07) is 7.56. The van der Waals surface area contributed by atoms with E-state index in [2.05, 4.69) is 11.4 Å². The molecule has 1 amide bonds. The number of hydrogen-bond acceptors (Lipinski definition) is 4. The number of esters is 1. The fraction of sp³-hybridized carbons (Fsp3) is 0.333. The van der Waals surface area contributed by atoms with E-state index in [1.165, 1.54) is 12.7 Å². The van der Waals surface area contributed by atoms with Gasteiger partial charge in [-0.1, -0.05) is 6.07 Å². The zero-order valence-electron chi connectivity index (χ0n) is 13.1. The molecule has 0 fully saturated rings. The molecule has 23 heavy (non-hydrogen) atoms. The van der Waals surface area contributed by atoms with E-state index < -0.39 is 0 Å². The molecule has 0 atom stereocenters. The van der Waals surface area contributed by atoms with Crippen molar-refractivity contribution in [2.75, 3.05) is 18.6 Å². The highest BCUT2D eigenvalue weighted by atomic mass is 32.1. The van der Waals surface area contributed by atoms with Crippen LogP contribution in [0.3, 0.4) is 0 Å². The minimum Gasteiger partial charge on any atom is -0.465 e. The van der Waals surface area contributed by atoms with Gasteiger partial charge in [-0.3, -0.25) is 4.79 Å². The maximum absolute atomic E-state index is 12.6. The molecule has 1 aromatic heterocycles. The second-order valence-electron chi connectivity index (χ2n) is 5.58. The summed E-state index contributed by atoms with van der Waals surface area (Å²) >= 11 is 1.65. The highest BCUT2D eigenvalue weighted by Gasteiger charge is 2.26. The number of nitrogens with zero attached hydrogens (tertiary/aromatic N) is 1. The molecule has 0 bridgehead atoms. The molecule has 1 aliphatic rings. The number of carbonyl (C=O) groups excluding carboxylic acids is 2. The molecule has 2 heterocycles. The van der Waals surface area contributed by atoms with Crippen molar-refractivity contribution in [3.05, 3.63) is 51.7 Å². The summed E-state index contributed by atoms with van der Waals surface area (Å²) in [5, 5.41) is 4.10. The molecular formula is C18H19NO3S. The Kier molecular flexibility index (Phi) is 4.76. The Morgan fingerprint density at radius 3 is 2.91 bits per heavy atom. The van der Waals surface area contributed by atoms with Gasteiger partial charge in [-0.2, -0.15) is 11.3 Å². The summed E-state index contributed by atoms with van der Waals surface area (Å²) in [7, 11) is 1.38. The lowest BCUT2D eigenvalue weighted by Crippen LogP contribution is -2.36. The number of aryl methyl sites for hydroxylation is 1. The van der Waals surface area contributed by atoms with Gasteiger partial charge in [0.15, 0.2) is 0 Å². The first-order valence-electron chi connectivity index (χ1n) is 7.72. The number of carbonyl (C=O) groups is 2. The molecule has 4 nitrogen and oxygen atoms in total. The van der Waals surface area contributed by atoms with Crippen molar-refractivity contribution in [1.82, 2.24) is 0 Å². The minimum atomic E-state index is -0.338. The van der Waals surface area contributed by atoms with Crippen LogP contribution in [-0.4, -0.2) is 25.5 Å². The molecule has 1 aromatic carbocycles. The quantitative estimate of drug-likeness (QED) is 0.807. The molecule has 1 aliphatic heterocycles. The molecule has 0 radical (unpaired) electrons. The van der Waals surface area contributed by atoms with E-state index in [9.17, 15) is 9.59 Å². The van der Waals surface area contributed by atoms with Gasteiger partial charge in [0, 0.05) is 18.7 Å². The molecule has 5 heteroatoms. The van der Waals surface area contributed by atoms with E-state index in [0.29, 0.717) is 18.5 Å². The fourth-order valence-electron chi connectivity index (χ4n) is 3.01. The third-order valence-electron chi connectivity index (χ3n) is 4.16. The third kappa shape index (κ3) is 3.29. The summed E-state index contributed by atoms with van der Waals surface area (Å²) < 4.78 is 4.85. The van der Waals surface area contributed by atoms with E-state index in [1.807, 2.05) is 22.4 Å². The Morgan fingerprint density at radius 1 is 1.30 bits per heavy atom. The first-order valence-corrected chi connectivity index (χ1v) is 8.66. The minimum absolute atomic E-state index is 0.110. The molecule has 3 rings (SSSR count). The average Bonchev–Trinajstić information content (AvgIpc) is 3.11. The average molecular weight is 329 g/mol. The number of benzene rings is 1. The van der Waals surface area contributed by atoms with Crippen LogP contribution >= 0.6 is 11.3 Å². The largest absolute Gasteiger partial charge is 0.465 e. The van der Waals surface area contributed by atoms with Crippen molar-refractivity contribution >= 4 is 28.9 Å². The lowest BCUT2D eigenvalue weighted by molar-refractivity contribution is -0.118. The molecule has 2 aromatic rings. The highest BCUT2D eigenvalue weighted by Crippen LogP contribution is 2.31. The standard InChI is InChI=1S/C18H19NO3S/c1-22-18(21)15-4-2-6-16-14(15)5-3-10-19(16)17(20)8-7-13-9-11-23-12-13/h2,4,6,9,11-12H,3,5,7-8,10H2,1H3. The van der Waals surface area contributed by atoms with Crippen LogP contribution in [-0.2, 0) is 22.4 Å². The number of thiophene rings is 1. The van der Waals surface area contributed by atoms with Crippen molar-refractivity contribution in [1.29, 1.82) is 0 Å². The normalized spacial score (nSPS) is 13.5. The molecular weight excluding hydrogens is 310 g/mol. The van der Waals surface area contributed by atoms with Gasteiger partial charge in [-0.25, -0.2) is 4.79 Å². The SMILES string of the molecule is COC(=O)c1cccc2c1CCCN2C(=O)CCc1ccsc1. The van der Waals surface area contributed by atoms with E-state index in [-0.39, 0.29) is 11.9 Å². The number of anilines is 1. The third-order valence-corrected chi connectivity index (χ3v) is 4.90. The smallest absolute Gasteiger partial charge is 0.338 e. The first-order chi connectivity index (χ1) is 11.2. The zero-order valence-corrected chi connectivity index (χ0v) is 13.9. The Labute approximate surface area is 139 Å². The predicted molar refractivity (Wildman–Crippen MR) is 91.1 cm³/mol. The molecule has 0 N–H and O–H groups in total. The van der Waals surface area contributed by atoms with Crippen molar-refractivity contribution in [3.8, 4) is 0 Å². The summed E-state index contributed by atoms with van der Waals surface area (Å²) in [4.78, 5) is 26.4. The van der Waals surface area contributed by atoms with Crippen LogP contribution in [0.5, 0.6) is 0 Å². The van der Waals surface area contributed by atoms with Crippen LogP contribution in [0.4, 0.5) is 5.69 Å². The first kappa shape index (κ1) is 15.7. The van der Waals surface area contributed by atoms with Gasteiger partial charge in [0.1, 0.15) is 0 Å². The van der Waals surface area contributed by atoms with E-state index in [0.717, 1.165) is 30.5 Å². The van der Waals surface area contributed by atoms with Gasteiger partial charge >= 0.3 is 5.97 Å². The van der Waals surface area contributed by atoms with Crippen LogP contribution in [0.2, 0.25) is 0 Å². The van der Waals surface area contributed by atoms with Crippen molar-refractivity contribution < 1.29 is 14.3 Å². The second kappa shape index (κ2) is 6.96. The number of methoxy groups -OCH3 is 1. The van der Waals surface area contributed by atoms with E-state index in [4.69, 9.17) is 4.74 Å². The molecule has 0 saturated heterocycles. The molecule has 0 spiro atoms. The fourth-order valence-corrected chi connectivity index (χ4v) is 3.71. The van der Waals surface area contributed by atoms with Crippen LogP contribution in [0.1, 0.15) is 34.3 Å². The number of hydrogen-bond donors (Lipinski definition) is 0. The number of amides is 1. The van der Waals surface area contributed by atoms with Gasteiger partial charge in [-0.15, -0.1) is 0 Å². The summed E-state index contributed by atoms with van der Waals surface area (Å²) in [6.07, 6.45) is 2.91. The van der Waals surface area contributed by atoms with Gasteiger partial charge in [-0.05, 0) is 59.3 Å². The number of rotatable bonds is 4. The van der Waals surface area contributed by atoms with Gasteiger partial charge in [0.2, 0.25) is 5.91 Å². The predicted octanol–water partition coefficient (Wildman–Crippen LogP) is 3.45. The van der Waals surface area contributed by atoms with E-state index in [1.54, 1.807) is 17.4 Å². The Balaban J connectivity index is 1.81. The number of ether oxygens (including phenoxy) is 1. The summed E-state index contributed by atoms with van der Waals surface area (Å²) in [5.74, 6) is -0.228. The van der Waals surface area contributed by atoms with Crippen LogP contribution in [0.25, 0.3) is 0 Å². The molecule has 0 saturated carbocycles. The number of fused-ring (bicyclic) bond motifs is 1. The van der Waals surface area contributed by atoms with Crippen LogP contribution in [0, 0.1) is 0 Å². The lowest BCUT2D eigenvalue weighted by atomic mass is 9.95. The molecule has 0 unspecified atom stereocenters. The lowest BCUT2D eigenvalue weighted by Gasteiger charge is -2.30. The van der Waals surface area contributed by atoms with Gasteiger partial charge in [0.25, 0.3) is 0 Å².